The molecule has 176 valence electrons. The Morgan fingerprint density at radius 1 is 1.21 bits per heavy atom. The molecule has 0 radical (unpaired) electrons. The lowest BCUT2D eigenvalue weighted by molar-refractivity contribution is 0.0320. The highest BCUT2D eigenvalue weighted by molar-refractivity contribution is 5.40. The fourth-order valence-electron chi connectivity index (χ4n) is 3.74. The molecule has 0 spiro atoms. The largest absolute Gasteiger partial charge is 0.489 e. The molecule has 1 aromatic heterocycles. The second-order valence-electron chi connectivity index (χ2n) is 7.92. The zero-order valence-corrected chi connectivity index (χ0v) is 18.5. The van der Waals surface area contributed by atoms with Gasteiger partial charge in [0, 0.05) is 43.9 Å². The summed E-state index contributed by atoms with van der Waals surface area (Å²) >= 11 is 0. The first kappa shape index (κ1) is 23.1. The molecule has 4 rings (SSSR count). The Morgan fingerprint density at radius 2 is 2.03 bits per heavy atom. The molecule has 1 saturated heterocycles. The van der Waals surface area contributed by atoms with E-state index in [0.29, 0.717) is 49.9 Å². The summed E-state index contributed by atoms with van der Waals surface area (Å²) in [5.74, 6) is 0.193. The Bertz CT molecular complexity index is 1090. The molecule has 7 nitrogen and oxygen atoms in total. The van der Waals surface area contributed by atoms with Gasteiger partial charge in [-0.1, -0.05) is 6.08 Å². The number of morpholine rings is 1. The van der Waals surface area contributed by atoms with Crippen LogP contribution in [0.1, 0.15) is 17.9 Å². The van der Waals surface area contributed by atoms with Crippen molar-refractivity contribution in [2.45, 2.75) is 26.1 Å². The molecule has 2 aromatic rings. The fourth-order valence-corrected chi connectivity index (χ4v) is 3.74. The quantitative estimate of drug-likeness (QED) is 0.605. The van der Waals surface area contributed by atoms with Gasteiger partial charge in [0.05, 0.1) is 18.9 Å². The van der Waals surface area contributed by atoms with Crippen molar-refractivity contribution in [3.8, 4) is 11.4 Å². The van der Waals surface area contributed by atoms with Crippen LogP contribution in [0, 0.1) is 12.7 Å². The number of alkyl halides is 1. The van der Waals surface area contributed by atoms with E-state index >= 15 is 0 Å². The molecule has 0 saturated carbocycles. The number of rotatable bonds is 8. The summed E-state index contributed by atoms with van der Waals surface area (Å²) in [6, 6.07) is 5.71. The van der Waals surface area contributed by atoms with Crippen LogP contribution in [0.4, 0.5) is 8.78 Å². The average Bonchev–Trinajstić information content (AvgIpc) is 2.79. The number of aryl methyl sites for hydroxylation is 1. The van der Waals surface area contributed by atoms with Crippen molar-refractivity contribution in [3.05, 3.63) is 75.9 Å². The third kappa shape index (κ3) is 6.06. The molecule has 1 aliphatic carbocycles. The summed E-state index contributed by atoms with van der Waals surface area (Å²) in [7, 11) is 0. The van der Waals surface area contributed by atoms with Gasteiger partial charge in [-0.2, -0.15) is 0 Å². The van der Waals surface area contributed by atoms with Gasteiger partial charge < -0.3 is 14.2 Å². The number of ether oxygens (including phenoxy) is 3. The van der Waals surface area contributed by atoms with Gasteiger partial charge in [-0.05, 0) is 31.2 Å². The molecule has 1 fully saturated rings. The van der Waals surface area contributed by atoms with Crippen molar-refractivity contribution in [2.24, 2.45) is 0 Å². The zero-order chi connectivity index (χ0) is 23.2. The predicted molar refractivity (Wildman–Crippen MR) is 119 cm³/mol. The Balaban J connectivity index is 1.48. The number of halogens is 2. The molecule has 1 aliphatic heterocycles. The van der Waals surface area contributed by atoms with Gasteiger partial charge in [0.25, 0.3) is 5.56 Å². The summed E-state index contributed by atoms with van der Waals surface area (Å²) in [5.41, 5.74) is 0.452. The Labute approximate surface area is 190 Å². The second-order valence-corrected chi connectivity index (χ2v) is 7.92. The number of benzene rings is 1. The first-order chi connectivity index (χ1) is 16.0. The lowest BCUT2D eigenvalue weighted by atomic mass is 10.1. The van der Waals surface area contributed by atoms with Crippen LogP contribution in [0.2, 0.25) is 0 Å². The van der Waals surface area contributed by atoms with Crippen LogP contribution >= 0.6 is 0 Å². The van der Waals surface area contributed by atoms with E-state index in [1.165, 1.54) is 28.8 Å². The van der Waals surface area contributed by atoms with Crippen molar-refractivity contribution in [1.82, 2.24) is 14.5 Å². The molecule has 0 amide bonds. The topological polar surface area (TPSA) is 65.8 Å². The molecule has 2 aliphatic rings. The van der Waals surface area contributed by atoms with Crippen molar-refractivity contribution in [3.63, 3.8) is 0 Å². The highest BCUT2D eigenvalue weighted by Crippen LogP contribution is 2.22. The summed E-state index contributed by atoms with van der Waals surface area (Å²) in [6.07, 6.45) is 3.94. The van der Waals surface area contributed by atoms with E-state index in [4.69, 9.17) is 14.2 Å². The maximum atomic E-state index is 14.8. The minimum atomic E-state index is -1.11. The Morgan fingerprint density at radius 3 is 2.79 bits per heavy atom. The van der Waals surface area contributed by atoms with Gasteiger partial charge in [-0.15, -0.1) is 0 Å². The molecular formula is C24H27F2N3O4. The molecule has 9 heteroatoms. The van der Waals surface area contributed by atoms with Crippen LogP contribution in [0.3, 0.4) is 0 Å². The highest BCUT2D eigenvalue weighted by Gasteiger charge is 2.15. The molecule has 1 aromatic carbocycles. The molecule has 2 heterocycles. The predicted octanol–water partition coefficient (Wildman–Crippen LogP) is 3.09. The van der Waals surface area contributed by atoms with Crippen molar-refractivity contribution < 1.29 is 23.0 Å². The van der Waals surface area contributed by atoms with E-state index in [9.17, 15) is 13.6 Å². The first-order valence-corrected chi connectivity index (χ1v) is 11.0. The van der Waals surface area contributed by atoms with Crippen LogP contribution in [0.5, 0.6) is 5.75 Å². The lowest BCUT2D eigenvalue weighted by Crippen LogP contribution is -2.38. The molecule has 1 atom stereocenters. The molecular weight excluding hydrogens is 432 g/mol. The van der Waals surface area contributed by atoms with Crippen LogP contribution in [-0.2, 0) is 16.1 Å². The Hall–Kier alpha value is -3.04. The third-order valence-electron chi connectivity index (χ3n) is 5.42. The molecule has 0 bridgehead atoms. The molecule has 33 heavy (non-hydrogen) atoms. The van der Waals surface area contributed by atoms with Gasteiger partial charge >= 0.3 is 0 Å². The van der Waals surface area contributed by atoms with Gasteiger partial charge in [0.1, 0.15) is 25.1 Å². The molecule has 1 unspecified atom stereocenters. The number of hydrogen-bond acceptors (Lipinski definition) is 6. The number of aromatic nitrogens is 2. The first-order valence-electron chi connectivity index (χ1n) is 11.0. The van der Waals surface area contributed by atoms with Crippen molar-refractivity contribution >= 4 is 0 Å². The normalized spacial score (nSPS) is 18.8. The van der Waals surface area contributed by atoms with Crippen LogP contribution in [0.15, 0.2) is 53.0 Å². The number of hydrogen-bond donors (Lipinski definition) is 0. The SMILES string of the molecule is Cc1cc(=O)n(-c2ccc(OCCN3CCOCC3)c(F)c2)c(COC2=CC(F)CC=C2)n1. The Kier molecular flexibility index (Phi) is 7.51. The van der Waals surface area contributed by atoms with E-state index in [1.54, 1.807) is 25.1 Å². The molecule has 0 N–H and O–H groups in total. The third-order valence-corrected chi connectivity index (χ3v) is 5.42. The van der Waals surface area contributed by atoms with Gasteiger partial charge in [-0.25, -0.2) is 13.8 Å². The van der Waals surface area contributed by atoms with Crippen molar-refractivity contribution in [1.29, 1.82) is 0 Å². The number of nitrogens with zero attached hydrogens (tertiary/aromatic N) is 3. The van der Waals surface area contributed by atoms with Crippen LogP contribution in [0.25, 0.3) is 5.69 Å². The van der Waals surface area contributed by atoms with Gasteiger partial charge in [0.2, 0.25) is 0 Å². The maximum absolute atomic E-state index is 14.8. The fraction of sp³-hybridized carbons (Fsp3) is 0.417. The van der Waals surface area contributed by atoms with E-state index in [0.717, 1.165) is 13.1 Å². The van der Waals surface area contributed by atoms with E-state index in [-0.39, 0.29) is 23.7 Å². The second kappa shape index (κ2) is 10.7. The van der Waals surface area contributed by atoms with Crippen LogP contribution in [-0.4, -0.2) is 60.1 Å². The monoisotopic (exact) mass is 459 g/mol. The minimum absolute atomic E-state index is 0.0702. The smallest absolute Gasteiger partial charge is 0.258 e. The summed E-state index contributed by atoms with van der Waals surface area (Å²) in [5, 5.41) is 0. The summed E-state index contributed by atoms with van der Waals surface area (Å²) in [6.45, 7) is 5.69. The number of allylic oxidation sites excluding steroid dienone is 3. The standard InChI is InChI=1S/C24H27F2N3O4/c1-17-13-24(30)29(23(27-17)16-33-20-4-2-3-18(25)14-20)19-5-6-22(21(26)15-19)32-12-9-28-7-10-31-11-8-28/h2,4-6,13-15,18H,3,7-12,16H2,1H3. The van der Waals surface area contributed by atoms with E-state index < -0.39 is 12.0 Å². The van der Waals surface area contributed by atoms with Gasteiger partial charge in [-0.3, -0.25) is 14.3 Å². The van der Waals surface area contributed by atoms with Gasteiger partial charge in [0.15, 0.2) is 17.4 Å². The van der Waals surface area contributed by atoms with E-state index in [2.05, 4.69) is 9.88 Å². The zero-order valence-electron chi connectivity index (χ0n) is 18.5. The summed E-state index contributed by atoms with van der Waals surface area (Å²) in [4.78, 5) is 19.3. The average molecular weight is 459 g/mol. The van der Waals surface area contributed by atoms with Crippen LogP contribution < -0.4 is 10.3 Å². The van der Waals surface area contributed by atoms with Crippen molar-refractivity contribution in [2.75, 3.05) is 39.5 Å². The maximum Gasteiger partial charge on any atom is 0.258 e. The van der Waals surface area contributed by atoms with E-state index in [1.807, 2.05) is 0 Å². The highest BCUT2D eigenvalue weighted by atomic mass is 19.1. The summed E-state index contributed by atoms with van der Waals surface area (Å²) < 4.78 is 46.2. The lowest BCUT2D eigenvalue weighted by Gasteiger charge is -2.26. The minimum Gasteiger partial charge on any atom is -0.489 e.